The van der Waals surface area contributed by atoms with Gasteiger partial charge in [-0.15, -0.1) is 11.8 Å². The maximum Gasteiger partial charge on any atom is 0.126 e. The fourth-order valence-electron chi connectivity index (χ4n) is 1.97. The molecule has 1 aromatic heterocycles. The zero-order chi connectivity index (χ0) is 11.7. The quantitative estimate of drug-likeness (QED) is 0.872. The molecule has 2 aromatic rings. The second kappa shape index (κ2) is 4.45. The van der Waals surface area contributed by atoms with Crippen molar-refractivity contribution in [2.75, 3.05) is 5.73 Å². The zero-order valence-electron chi connectivity index (χ0n) is 9.52. The molecule has 0 spiro atoms. The fraction of sp³-hybridized carbons (Fsp3) is 0.308. The van der Waals surface area contributed by atoms with E-state index in [0.717, 1.165) is 10.8 Å². The van der Waals surface area contributed by atoms with Gasteiger partial charge < -0.3 is 5.73 Å². The topological polar surface area (TPSA) is 54.7 Å². The molecule has 0 amide bonds. The Kier molecular flexibility index (Phi) is 2.81. The molecule has 0 aliphatic heterocycles. The van der Waals surface area contributed by atoms with Crippen molar-refractivity contribution in [1.82, 2.24) is 10.2 Å². The number of aromatic amines is 1. The third-order valence-corrected chi connectivity index (χ3v) is 4.61. The first-order valence-electron chi connectivity index (χ1n) is 5.89. The highest BCUT2D eigenvalue weighted by atomic mass is 32.2. The van der Waals surface area contributed by atoms with Gasteiger partial charge in [-0.05, 0) is 18.9 Å². The van der Waals surface area contributed by atoms with Gasteiger partial charge in [0.2, 0.25) is 0 Å². The largest absolute Gasteiger partial charge is 0.384 e. The Morgan fingerprint density at radius 3 is 2.71 bits per heavy atom. The molecule has 1 fully saturated rings. The SMILES string of the molecule is Nc1[nH]ncc1-c1ccccc1SC1CCC1. The van der Waals surface area contributed by atoms with Gasteiger partial charge in [0.15, 0.2) is 0 Å². The van der Waals surface area contributed by atoms with Crippen molar-refractivity contribution in [2.45, 2.75) is 29.4 Å². The first kappa shape index (κ1) is 10.7. The van der Waals surface area contributed by atoms with Crippen molar-refractivity contribution in [2.24, 2.45) is 0 Å². The number of H-pyrrole nitrogens is 1. The number of thioether (sulfide) groups is 1. The molecule has 0 saturated heterocycles. The molecule has 4 heteroatoms. The minimum absolute atomic E-state index is 0.645. The van der Waals surface area contributed by atoms with E-state index in [-0.39, 0.29) is 0 Å². The molecule has 3 N–H and O–H groups in total. The van der Waals surface area contributed by atoms with Crippen LogP contribution in [0.25, 0.3) is 11.1 Å². The number of nitrogens with one attached hydrogen (secondary N) is 1. The van der Waals surface area contributed by atoms with Crippen molar-refractivity contribution < 1.29 is 0 Å². The summed E-state index contributed by atoms with van der Waals surface area (Å²) in [5, 5.41) is 7.57. The molecule has 88 valence electrons. The Bertz CT molecular complexity index is 517. The van der Waals surface area contributed by atoms with Gasteiger partial charge in [0.1, 0.15) is 5.82 Å². The first-order chi connectivity index (χ1) is 8.34. The van der Waals surface area contributed by atoms with Crippen LogP contribution in [0.15, 0.2) is 35.4 Å². The number of nitrogen functional groups attached to an aromatic ring is 1. The van der Waals surface area contributed by atoms with E-state index in [9.17, 15) is 0 Å². The van der Waals surface area contributed by atoms with Gasteiger partial charge in [-0.2, -0.15) is 5.10 Å². The van der Waals surface area contributed by atoms with Gasteiger partial charge >= 0.3 is 0 Å². The molecule has 0 radical (unpaired) electrons. The number of rotatable bonds is 3. The molecule has 1 aliphatic rings. The average Bonchev–Trinajstić information content (AvgIpc) is 2.70. The molecule has 17 heavy (non-hydrogen) atoms. The van der Waals surface area contributed by atoms with Crippen molar-refractivity contribution in [3.63, 3.8) is 0 Å². The lowest BCUT2D eigenvalue weighted by atomic mass is 10.00. The minimum atomic E-state index is 0.645. The lowest BCUT2D eigenvalue weighted by Crippen LogP contribution is -2.12. The number of benzene rings is 1. The molecular weight excluding hydrogens is 230 g/mol. The zero-order valence-corrected chi connectivity index (χ0v) is 10.3. The van der Waals surface area contributed by atoms with Crippen LogP contribution >= 0.6 is 11.8 Å². The smallest absolute Gasteiger partial charge is 0.126 e. The summed E-state index contributed by atoms with van der Waals surface area (Å²) >= 11 is 1.97. The second-order valence-corrected chi connectivity index (χ2v) is 5.71. The minimum Gasteiger partial charge on any atom is -0.384 e. The predicted octanol–water partition coefficient (Wildman–Crippen LogP) is 3.30. The van der Waals surface area contributed by atoms with Crippen LogP contribution < -0.4 is 5.73 Å². The molecule has 1 saturated carbocycles. The predicted molar refractivity (Wildman–Crippen MR) is 71.9 cm³/mol. The summed E-state index contributed by atoms with van der Waals surface area (Å²) in [4.78, 5) is 1.31. The van der Waals surface area contributed by atoms with Gasteiger partial charge in [0, 0.05) is 21.3 Å². The van der Waals surface area contributed by atoms with E-state index >= 15 is 0 Å². The van der Waals surface area contributed by atoms with E-state index in [0.29, 0.717) is 5.82 Å². The number of hydrogen-bond donors (Lipinski definition) is 2. The van der Waals surface area contributed by atoms with E-state index in [2.05, 4.69) is 28.4 Å². The third kappa shape index (κ3) is 2.05. The standard InChI is InChI=1S/C13H15N3S/c14-13-11(8-15-16-13)10-6-1-2-7-12(10)17-9-4-3-5-9/h1-2,6-9H,3-5H2,(H3,14,15,16). The van der Waals surface area contributed by atoms with Crippen LogP contribution in [0, 0.1) is 0 Å². The van der Waals surface area contributed by atoms with Crippen LogP contribution in [0.3, 0.4) is 0 Å². The van der Waals surface area contributed by atoms with Gasteiger partial charge in [0.25, 0.3) is 0 Å². The number of anilines is 1. The number of aromatic nitrogens is 2. The van der Waals surface area contributed by atoms with Crippen LogP contribution in [-0.2, 0) is 0 Å². The number of hydrogen-bond acceptors (Lipinski definition) is 3. The Balaban J connectivity index is 1.95. The highest BCUT2D eigenvalue weighted by Gasteiger charge is 2.20. The molecule has 3 rings (SSSR count). The van der Waals surface area contributed by atoms with Crippen molar-refractivity contribution in [1.29, 1.82) is 0 Å². The Hall–Kier alpha value is -1.42. The van der Waals surface area contributed by atoms with Gasteiger partial charge in [-0.1, -0.05) is 24.6 Å². The van der Waals surface area contributed by atoms with Crippen LogP contribution in [0.4, 0.5) is 5.82 Å². The summed E-state index contributed by atoms with van der Waals surface area (Å²) < 4.78 is 0. The molecule has 1 heterocycles. The third-order valence-electron chi connectivity index (χ3n) is 3.19. The Morgan fingerprint density at radius 2 is 2.06 bits per heavy atom. The number of nitrogens with zero attached hydrogens (tertiary/aromatic N) is 1. The summed E-state index contributed by atoms with van der Waals surface area (Å²) in [7, 11) is 0. The van der Waals surface area contributed by atoms with E-state index in [1.54, 1.807) is 6.20 Å². The second-order valence-electron chi connectivity index (χ2n) is 4.36. The summed E-state index contributed by atoms with van der Waals surface area (Å²) in [6.45, 7) is 0. The molecule has 0 bridgehead atoms. The van der Waals surface area contributed by atoms with Gasteiger partial charge in [-0.25, -0.2) is 0 Å². The maximum absolute atomic E-state index is 5.89. The summed E-state index contributed by atoms with van der Waals surface area (Å²) in [6, 6.07) is 8.42. The number of nitrogens with two attached hydrogens (primary N) is 1. The lowest BCUT2D eigenvalue weighted by molar-refractivity contribution is 0.522. The average molecular weight is 245 g/mol. The molecule has 3 nitrogen and oxygen atoms in total. The Morgan fingerprint density at radius 1 is 1.24 bits per heavy atom. The fourth-order valence-corrected chi connectivity index (χ4v) is 3.36. The van der Waals surface area contributed by atoms with Crippen LogP contribution in [-0.4, -0.2) is 15.4 Å². The molecule has 0 atom stereocenters. The van der Waals surface area contributed by atoms with Gasteiger partial charge in [0.05, 0.1) is 6.20 Å². The highest BCUT2D eigenvalue weighted by Crippen LogP contribution is 2.41. The van der Waals surface area contributed by atoms with Crippen LogP contribution in [0.5, 0.6) is 0 Å². The van der Waals surface area contributed by atoms with Crippen molar-refractivity contribution in [3.8, 4) is 11.1 Å². The first-order valence-corrected chi connectivity index (χ1v) is 6.77. The van der Waals surface area contributed by atoms with Crippen LogP contribution in [0.1, 0.15) is 19.3 Å². The van der Waals surface area contributed by atoms with Gasteiger partial charge in [-0.3, -0.25) is 5.10 Å². The normalized spacial score (nSPS) is 15.8. The van der Waals surface area contributed by atoms with E-state index in [4.69, 9.17) is 5.73 Å². The summed E-state index contributed by atoms with van der Waals surface area (Å²) in [5.41, 5.74) is 8.09. The maximum atomic E-state index is 5.89. The molecule has 1 aromatic carbocycles. The molecule has 0 unspecified atom stereocenters. The van der Waals surface area contributed by atoms with E-state index in [1.165, 1.54) is 29.7 Å². The Labute approximate surface area is 105 Å². The molecular formula is C13H15N3S. The van der Waals surface area contributed by atoms with E-state index in [1.807, 2.05) is 17.8 Å². The molecule has 1 aliphatic carbocycles. The van der Waals surface area contributed by atoms with Crippen LogP contribution in [0.2, 0.25) is 0 Å². The summed E-state index contributed by atoms with van der Waals surface area (Å²) in [6.07, 6.45) is 5.84. The summed E-state index contributed by atoms with van der Waals surface area (Å²) in [5.74, 6) is 0.645. The van der Waals surface area contributed by atoms with E-state index < -0.39 is 0 Å². The lowest BCUT2D eigenvalue weighted by Gasteiger charge is -2.25. The van der Waals surface area contributed by atoms with Crippen molar-refractivity contribution in [3.05, 3.63) is 30.5 Å². The van der Waals surface area contributed by atoms with Crippen molar-refractivity contribution >= 4 is 17.6 Å². The highest BCUT2D eigenvalue weighted by molar-refractivity contribution is 8.00. The monoisotopic (exact) mass is 245 g/mol.